The Balaban J connectivity index is 1.88. The fraction of sp³-hybridized carbons (Fsp3) is 0.500. The monoisotopic (exact) mass is 197 g/mol. The number of nitrogens with zero attached hydrogens (tertiary/aromatic N) is 1. The molecule has 1 aromatic heterocycles. The Bertz CT molecular complexity index is 269. The van der Waals surface area contributed by atoms with Crippen LogP contribution in [-0.2, 0) is 5.88 Å². The van der Waals surface area contributed by atoms with Crippen molar-refractivity contribution in [2.75, 3.05) is 6.61 Å². The molecule has 70 valence electrons. The molecular weight excluding hydrogens is 186 g/mol. The van der Waals surface area contributed by atoms with Gasteiger partial charge in [-0.05, 0) is 24.3 Å². The molecule has 1 aromatic rings. The molecule has 3 heteroatoms. The summed E-state index contributed by atoms with van der Waals surface area (Å²) in [5, 5.41) is 0. The molecule has 1 saturated carbocycles. The van der Waals surface area contributed by atoms with E-state index >= 15 is 0 Å². The summed E-state index contributed by atoms with van der Waals surface area (Å²) >= 11 is 5.64. The smallest absolute Gasteiger partial charge is 0.213 e. The summed E-state index contributed by atoms with van der Waals surface area (Å²) < 4.78 is 5.48. The van der Waals surface area contributed by atoms with Crippen molar-refractivity contribution in [2.45, 2.75) is 18.7 Å². The van der Waals surface area contributed by atoms with E-state index in [1.165, 1.54) is 12.8 Å². The average molecular weight is 198 g/mol. The predicted molar refractivity (Wildman–Crippen MR) is 52.0 cm³/mol. The SMILES string of the molecule is ClCc1ccc(OCC2CC2)nc1. The number of halogens is 1. The third-order valence-electron chi connectivity index (χ3n) is 2.12. The maximum Gasteiger partial charge on any atom is 0.213 e. The molecule has 1 aliphatic carbocycles. The van der Waals surface area contributed by atoms with Gasteiger partial charge in [0.2, 0.25) is 5.88 Å². The number of pyridine rings is 1. The Hall–Kier alpha value is -0.760. The number of aromatic nitrogens is 1. The van der Waals surface area contributed by atoms with Crippen molar-refractivity contribution < 1.29 is 4.74 Å². The van der Waals surface area contributed by atoms with Crippen LogP contribution in [0.15, 0.2) is 18.3 Å². The van der Waals surface area contributed by atoms with E-state index in [1.807, 2.05) is 12.1 Å². The molecule has 0 unspecified atom stereocenters. The molecule has 1 heterocycles. The Kier molecular flexibility index (Phi) is 2.69. The zero-order valence-corrected chi connectivity index (χ0v) is 8.13. The molecule has 2 nitrogen and oxygen atoms in total. The third-order valence-corrected chi connectivity index (χ3v) is 2.42. The fourth-order valence-corrected chi connectivity index (χ4v) is 1.22. The standard InChI is InChI=1S/C10H12ClNO/c11-5-9-3-4-10(12-6-9)13-7-8-1-2-8/h3-4,6,8H,1-2,5,7H2. The first-order valence-electron chi connectivity index (χ1n) is 4.52. The highest BCUT2D eigenvalue weighted by Crippen LogP contribution is 2.29. The van der Waals surface area contributed by atoms with Gasteiger partial charge in [0.1, 0.15) is 0 Å². The van der Waals surface area contributed by atoms with Gasteiger partial charge < -0.3 is 4.74 Å². The van der Waals surface area contributed by atoms with E-state index in [2.05, 4.69) is 4.98 Å². The normalized spacial score (nSPS) is 15.8. The van der Waals surface area contributed by atoms with Gasteiger partial charge in [-0.15, -0.1) is 11.6 Å². The summed E-state index contributed by atoms with van der Waals surface area (Å²) in [5.41, 5.74) is 1.03. The van der Waals surface area contributed by atoms with Crippen molar-refractivity contribution in [1.82, 2.24) is 4.98 Å². The minimum atomic E-state index is 0.510. The number of rotatable bonds is 4. The summed E-state index contributed by atoms with van der Waals surface area (Å²) in [4.78, 5) is 4.14. The van der Waals surface area contributed by atoms with E-state index in [-0.39, 0.29) is 0 Å². The highest BCUT2D eigenvalue weighted by molar-refractivity contribution is 6.17. The van der Waals surface area contributed by atoms with Crippen molar-refractivity contribution >= 4 is 11.6 Å². The molecule has 1 aliphatic rings. The van der Waals surface area contributed by atoms with E-state index in [0.717, 1.165) is 18.1 Å². The lowest BCUT2D eigenvalue weighted by Gasteiger charge is -2.03. The van der Waals surface area contributed by atoms with E-state index in [9.17, 15) is 0 Å². The predicted octanol–water partition coefficient (Wildman–Crippen LogP) is 2.61. The van der Waals surface area contributed by atoms with Gasteiger partial charge in [0, 0.05) is 18.1 Å². The van der Waals surface area contributed by atoms with E-state index in [4.69, 9.17) is 16.3 Å². The molecule has 0 aliphatic heterocycles. The Morgan fingerprint density at radius 2 is 2.31 bits per heavy atom. The van der Waals surface area contributed by atoms with Gasteiger partial charge in [-0.1, -0.05) is 6.07 Å². The lowest BCUT2D eigenvalue weighted by Crippen LogP contribution is -2.00. The van der Waals surface area contributed by atoms with Crippen LogP contribution in [0.25, 0.3) is 0 Å². The molecule has 0 N–H and O–H groups in total. The van der Waals surface area contributed by atoms with Crippen molar-refractivity contribution in [1.29, 1.82) is 0 Å². The maximum absolute atomic E-state index is 5.64. The summed E-state index contributed by atoms with van der Waals surface area (Å²) in [5.74, 6) is 1.99. The van der Waals surface area contributed by atoms with Gasteiger partial charge in [-0.25, -0.2) is 4.98 Å². The zero-order valence-electron chi connectivity index (χ0n) is 7.37. The lowest BCUT2D eigenvalue weighted by molar-refractivity contribution is 0.288. The van der Waals surface area contributed by atoms with Gasteiger partial charge in [0.25, 0.3) is 0 Å². The topological polar surface area (TPSA) is 22.1 Å². The molecule has 2 rings (SSSR count). The molecule has 0 aromatic carbocycles. The first kappa shape index (κ1) is 8.82. The number of hydrogen-bond acceptors (Lipinski definition) is 2. The fourth-order valence-electron chi connectivity index (χ4n) is 1.06. The van der Waals surface area contributed by atoms with Crippen LogP contribution >= 0.6 is 11.6 Å². The molecule has 0 atom stereocenters. The highest BCUT2D eigenvalue weighted by atomic mass is 35.5. The summed E-state index contributed by atoms with van der Waals surface area (Å²) in [6.07, 6.45) is 4.37. The molecule has 0 amide bonds. The average Bonchev–Trinajstić information content (AvgIpc) is 2.99. The summed E-state index contributed by atoms with van der Waals surface area (Å²) in [6.45, 7) is 0.813. The first-order valence-corrected chi connectivity index (χ1v) is 5.05. The van der Waals surface area contributed by atoms with Gasteiger partial charge in [-0.2, -0.15) is 0 Å². The molecule has 0 bridgehead atoms. The Morgan fingerprint density at radius 1 is 1.46 bits per heavy atom. The molecule has 13 heavy (non-hydrogen) atoms. The van der Waals surface area contributed by atoms with Gasteiger partial charge >= 0.3 is 0 Å². The van der Waals surface area contributed by atoms with E-state index < -0.39 is 0 Å². The third kappa shape index (κ3) is 2.59. The van der Waals surface area contributed by atoms with E-state index in [1.54, 1.807) is 6.20 Å². The van der Waals surface area contributed by atoms with Gasteiger partial charge in [-0.3, -0.25) is 0 Å². The van der Waals surface area contributed by atoms with Crippen molar-refractivity contribution in [3.05, 3.63) is 23.9 Å². The van der Waals surface area contributed by atoms with Crippen LogP contribution < -0.4 is 4.74 Å². The first-order chi connectivity index (χ1) is 6.38. The van der Waals surface area contributed by atoms with Crippen LogP contribution in [0, 0.1) is 5.92 Å². The molecule has 0 spiro atoms. The lowest BCUT2D eigenvalue weighted by atomic mass is 10.3. The van der Waals surface area contributed by atoms with Gasteiger partial charge in [0.05, 0.1) is 6.61 Å². The quantitative estimate of drug-likeness (QED) is 0.693. The van der Waals surface area contributed by atoms with Crippen LogP contribution in [0.2, 0.25) is 0 Å². The zero-order chi connectivity index (χ0) is 9.10. The van der Waals surface area contributed by atoms with Gasteiger partial charge in [0.15, 0.2) is 0 Å². The van der Waals surface area contributed by atoms with Crippen LogP contribution in [-0.4, -0.2) is 11.6 Å². The largest absolute Gasteiger partial charge is 0.477 e. The maximum atomic E-state index is 5.64. The Morgan fingerprint density at radius 3 is 2.85 bits per heavy atom. The second-order valence-corrected chi connectivity index (χ2v) is 3.66. The molecular formula is C10H12ClNO. The van der Waals surface area contributed by atoms with Crippen LogP contribution in [0.1, 0.15) is 18.4 Å². The van der Waals surface area contributed by atoms with Crippen molar-refractivity contribution in [2.24, 2.45) is 5.92 Å². The molecule has 0 radical (unpaired) electrons. The van der Waals surface area contributed by atoms with Crippen LogP contribution in [0.3, 0.4) is 0 Å². The van der Waals surface area contributed by atoms with E-state index in [0.29, 0.717) is 11.8 Å². The second kappa shape index (κ2) is 3.97. The Labute approximate surface area is 82.9 Å². The number of hydrogen-bond donors (Lipinski definition) is 0. The minimum absolute atomic E-state index is 0.510. The van der Waals surface area contributed by atoms with Crippen molar-refractivity contribution in [3.63, 3.8) is 0 Å². The minimum Gasteiger partial charge on any atom is -0.477 e. The molecule has 1 fully saturated rings. The van der Waals surface area contributed by atoms with Crippen molar-refractivity contribution in [3.8, 4) is 5.88 Å². The van der Waals surface area contributed by atoms with Crippen LogP contribution in [0.4, 0.5) is 0 Å². The highest BCUT2D eigenvalue weighted by Gasteiger charge is 2.21. The second-order valence-electron chi connectivity index (χ2n) is 3.39. The number of alkyl halides is 1. The molecule has 0 saturated heterocycles. The number of ether oxygens (including phenoxy) is 1. The summed E-state index contributed by atoms with van der Waals surface area (Å²) in [6, 6.07) is 3.82. The van der Waals surface area contributed by atoms with Crippen LogP contribution in [0.5, 0.6) is 5.88 Å². The summed E-state index contributed by atoms with van der Waals surface area (Å²) in [7, 11) is 0.